The van der Waals surface area contributed by atoms with Crippen LogP contribution in [0, 0.1) is 23.2 Å². The molecule has 2 aliphatic carbocycles. The number of ether oxygens (including phenoxy) is 2. The van der Waals surface area contributed by atoms with Gasteiger partial charge in [-0.3, -0.25) is 4.79 Å². The molecule has 0 aliphatic heterocycles. The monoisotopic (exact) mass is 416 g/mol. The maximum absolute atomic E-state index is 13.2. The highest BCUT2D eigenvalue weighted by atomic mass is 16.6. The average molecular weight is 417 g/mol. The fourth-order valence-corrected chi connectivity index (χ4v) is 4.92. The minimum absolute atomic E-state index is 0.0183. The van der Waals surface area contributed by atoms with Crippen LogP contribution in [0.25, 0.3) is 0 Å². The van der Waals surface area contributed by atoms with E-state index in [1.54, 1.807) is 19.9 Å². The van der Waals surface area contributed by atoms with Crippen molar-refractivity contribution in [1.29, 1.82) is 0 Å². The lowest BCUT2D eigenvalue weighted by Crippen LogP contribution is -2.58. The van der Waals surface area contributed by atoms with Gasteiger partial charge < -0.3 is 9.47 Å². The lowest BCUT2D eigenvalue weighted by Gasteiger charge is -2.55. The smallest absolute Gasteiger partial charge is 0.334 e. The van der Waals surface area contributed by atoms with Crippen LogP contribution in [0.5, 0.6) is 0 Å². The van der Waals surface area contributed by atoms with E-state index in [9.17, 15) is 14.4 Å². The number of esters is 2. The molecule has 2 saturated carbocycles. The summed E-state index contributed by atoms with van der Waals surface area (Å²) in [5.41, 5.74) is 1.84. The topological polar surface area (TPSA) is 69.7 Å². The maximum atomic E-state index is 13.2. The summed E-state index contributed by atoms with van der Waals surface area (Å²) in [4.78, 5) is 38.0. The Morgan fingerprint density at radius 2 is 1.77 bits per heavy atom. The Hall–Kier alpha value is -2.17. The molecule has 0 unspecified atom stereocenters. The summed E-state index contributed by atoms with van der Waals surface area (Å²) >= 11 is 0. The van der Waals surface area contributed by atoms with Gasteiger partial charge in [-0.25, -0.2) is 9.59 Å². The molecular weight excluding hydrogens is 380 g/mol. The first kappa shape index (κ1) is 24.1. The highest BCUT2D eigenvalue weighted by molar-refractivity contribution is 5.94. The van der Waals surface area contributed by atoms with Gasteiger partial charge in [0.1, 0.15) is 6.10 Å². The lowest BCUT2D eigenvalue weighted by atomic mass is 9.51. The SMILES string of the molecule is C=C(C)[C@H]1C[C@@]2(C)[C@H](CC[C@@H](OC(=O)C=C(C)C)[C@@H]2C)[C@@H](OC(=O)/C(C)=C/C)C1=O. The molecule has 0 saturated heterocycles. The molecule has 2 aliphatic rings. The van der Waals surface area contributed by atoms with Crippen molar-refractivity contribution in [2.24, 2.45) is 23.2 Å². The van der Waals surface area contributed by atoms with Gasteiger partial charge >= 0.3 is 11.9 Å². The van der Waals surface area contributed by atoms with Crippen LogP contribution in [0.2, 0.25) is 0 Å². The summed E-state index contributed by atoms with van der Waals surface area (Å²) in [6.45, 7) is 17.3. The third-order valence-electron chi connectivity index (χ3n) is 7.10. The van der Waals surface area contributed by atoms with Crippen LogP contribution in [0.15, 0.2) is 35.5 Å². The van der Waals surface area contributed by atoms with Gasteiger partial charge in [0.05, 0.1) is 0 Å². The number of carbonyl (C=O) groups excluding carboxylic acids is 3. The van der Waals surface area contributed by atoms with Crippen molar-refractivity contribution in [2.45, 2.75) is 79.9 Å². The highest BCUT2D eigenvalue weighted by Gasteiger charge is 2.58. The average Bonchev–Trinajstić information content (AvgIpc) is 2.65. The summed E-state index contributed by atoms with van der Waals surface area (Å²) in [7, 11) is 0. The molecule has 6 atom stereocenters. The Kier molecular flexibility index (Phi) is 7.49. The van der Waals surface area contributed by atoms with E-state index in [1.807, 2.05) is 20.8 Å². The van der Waals surface area contributed by atoms with Gasteiger partial charge in [-0.15, -0.1) is 0 Å². The molecule has 5 heteroatoms. The number of ketones is 1. The van der Waals surface area contributed by atoms with Crippen LogP contribution in [-0.4, -0.2) is 29.9 Å². The van der Waals surface area contributed by atoms with Crippen molar-refractivity contribution in [3.8, 4) is 0 Å². The van der Waals surface area contributed by atoms with E-state index >= 15 is 0 Å². The number of rotatable bonds is 5. The second kappa shape index (κ2) is 9.32. The zero-order valence-corrected chi connectivity index (χ0v) is 19.4. The van der Waals surface area contributed by atoms with Crippen LogP contribution in [0.3, 0.4) is 0 Å². The van der Waals surface area contributed by atoms with Crippen molar-refractivity contribution in [2.75, 3.05) is 0 Å². The standard InChI is InChI=1S/C25H36O5/c1-9-16(6)24(28)30-23-19-10-11-20(29-21(26)12-14(2)3)17(7)25(19,8)13-18(15(4)5)22(23)27/h9,12,17-20,23H,4,10-11,13H2,1-3,5-8H3/b16-9+/t17-,18+,19+,20+,23+,25+/m0/s1. The molecule has 2 rings (SSSR count). The second-order valence-electron chi connectivity index (χ2n) is 9.48. The van der Waals surface area contributed by atoms with Gasteiger partial charge in [-0.05, 0) is 65.2 Å². The van der Waals surface area contributed by atoms with Crippen LogP contribution in [0.4, 0.5) is 0 Å². The number of carbonyl (C=O) groups is 3. The summed E-state index contributed by atoms with van der Waals surface area (Å²) in [5, 5.41) is 0. The molecule has 0 amide bonds. The summed E-state index contributed by atoms with van der Waals surface area (Å²) in [6, 6.07) is 0. The van der Waals surface area contributed by atoms with Crippen molar-refractivity contribution in [3.05, 3.63) is 35.5 Å². The van der Waals surface area contributed by atoms with Crippen molar-refractivity contribution >= 4 is 17.7 Å². The van der Waals surface area contributed by atoms with Gasteiger partial charge in [0.25, 0.3) is 0 Å². The van der Waals surface area contributed by atoms with Gasteiger partial charge in [-0.2, -0.15) is 0 Å². The van der Waals surface area contributed by atoms with Crippen molar-refractivity contribution < 1.29 is 23.9 Å². The first-order valence-electron chi connectivity index (χ1n) is 10.8. The molecular formula is C25H36O5. The van der Waals surface area contributed by atoms with E-state index in [0.717, 1.165) is 11.1 Å². The minimum Gasteiger partial charge on any atom is -0.459 e. The predicted molar refractivity (Wildman–Crippen MR) is 117 cm³/mol. The largest absolute Gasteiger partial charge is 0.459 e. The summed E-state index contributed by atoms with van der Waals surface area (Å²) in [6.07, 6.45) is 4.09. The molecule has 0 N–H and O–H groups in total. The molecule has 0 heterocycles. The molecule has 0 aromatic carbocycles. The molecule has 0 aromatic rings. The molecule has 0 spiro atoms. The van der Waals surface area contributed by atoms with Gasteiger partial charge in [0.15, 0.2) is 11.9 Å². The highest BCUT2D eigenvalue weighted by Crippen LogP contribution is 2.56. The van der Waals surface area contributed by atoms with E-state index in [-0.39, 0.29) is 41.0 Å². The number of hydrogen-bond donors (Lipinski definition) is 0. The fourth-order valence-electron chi connectivity index (χ4n) is 4.92. The van der Waals surface area contributed by atoms with Crippen molar-refractivity contribution in [1.82, 2.24) is 0 Å². The number of fused-ring (bicyclic) bond motifs is 1. The van der Waals surface area contributed by atoms with Crippen LogP contribution < -0.4 is 0 Å². The Morgan fingerprint density at radius 3 is 2.30 bits per heavy atom. The zero-order chi connectivity index (χ0) is 22.8. The van der Waals surface area contributed by atoms with Crippen LogP contribution in [0.1, 0.15) is 67.7 Å². The first-order valence-corrected chi connectivity index (χ1v) is 10.8. The maximum Gasteiger partial charge on any atom is 0.334 e. The number of allylic oxidation sites excluding steroid dienone is 3. The zero-order valence-electron chi connectivity index (χ0n) is 19.4. The minimum atomic E-state index is -0.801. The molecule has 166 valence electrons. The lowest BCUT2D eigenvalue weighted by molar-refractivity contribution is -0.183. The third kappa shape index (κ3) is 4.76. The van der Waals surface area contributed by atoms with Crippen molar-refractivity contribution in [3.63, 3.8) is 0 Å². The second-order valence-corrected chi connectivity index (χ2v) is 9.48. The van der Waals surface area contributed by atoms with Gasteiger partial charge in [-0.1, -0.05) is 37.6 Å². The summed E-state index contributed by atoms with van der Waals surface area (Å²) < 4.78 is 11.6. The Balaban J connectivity index is 2.36. The molecule has 2 fully saturated rings. The molecule has 5 nitrogen and oxygen atoms in total. The van der Waals surface area contributed by atoms with E-state index in [4.69, 9.17) is 9.47 Å². The Morgan fingerprint density at radius 1 is 1.13 bits per heavy atom. The normalized spacial score (nSPS) is 33.9. The molecule has 0 bridgehead atoms. The van der Waals surface area contributed by atoms with Gasteiger partial charge in [0.2, 0.25) is 0 Å². The molecule has 0 radical (unpaired) electrons. The number of hydrogen-bond acceptors (Lipinski definition) is 5. The van der Waals surface area contributed by atoms with E-state index < -0.39 is 12.1 Å². The predicted octanol–water partition coefficient (Wildman–Crippen LogP) is 4.96. The molecule has 0 aromatic heterocycles. The van der Waals surface area contributed by atoms with E-state index in [1.165, 1.54) is 6.08 Å². The quantitative estimate of drug-likeness (QED) is 0.360. The van der Waals surface area contributed by atoms with Gasteiger partial charge in [0, 0.05) is 23.5 Å². The molecule has 30 heavy (non-hydrogen) atoms. The fraction of sp³-hybridized carbons (Fsp3) is 0.640. The van der Waals surface area contributed by atoms with Crippen LogP contribution >= 0.6 is 0 Å². The van der Waals surface area contributed by atoms with Crippen LogP contribution in [-0.2, 0) is 23.9 Å². The number of Topliss-reactive ketones (excluding diaryl/α,β-unsaturated/α-hetero) is 1. The van der Waals surface area contributed by atoms with E-state index in [2.05, 4.69) is 20.4 Å². The summed E-state index contributed by atoms with van der Waals surface area (Å²) in [5.74, 6) is -1.30. The first-order chi connectivity index (χ1) is 13.9. The Labute approximate surface area is 180 Å². The third-order valence-corrected chi connectivity index (χ3v) is 7.10. The Bertz CT molecular complexity index is 785. The van der Waals surface area contributed by atoms with E-state index in [0.29, 0.717) is 24.8 Å².